The van der Waals surface area contributed by atoms with Crippen molar-refractivity contribution in [3.63, 3.8) is 0 Å². The first-order chi connectivity index (χ1) is 9.77. The van der Waals surface area contributed by atoms with E-state index in [-0.39, 0.29) is 57.8 Å². The van der Waals surface area contributed by atoms with E-state index in [4.69, 9.17) is 5.11 Å². The molecule has 0 aliphatic rings. The second-order valence-electron chi connectivity index (χ2n) is 5.78. The standard InChI is InChI=1S/C17H35NO2.K.H/c1-2-3-4-5-6-7-8-9-10-11-12-13-15-18-16-14-17(19)20;;/h18H,2-16H2,1H3,(H,19,20);;. The van der Waals surface area contributed by atoms with E-state index in [0.717, 1.165) is 6.54 Å². The molecule has 0 atom stereocenters. The average Bonchev–Trinajstić information content (AvgIpc) is 2.43. The van der Waals surface area contributed by atoms with E-state index in [2.05, 4.69) is 12.2 Å². The Morgan fingerprint density at radius 3 is 1.62 bits per heavy atom. The van der Waals surface area contributed by atoms with Gasteiger partial charge in [0.25, 0.3) is 0 Å². The minimum atomic E-state index is -0.716. The molecule has 0 radical (unpaired) electrons. The van der Waals surface area contributed by atoms with Crippen LogP contribution in [-0.2, 0) is 4.79 Å². The second-order valence-corrected chi connectivity index (χ2v) is 5.78. The van der Waals surface area contributed by atoms with E-state index in [1.54, 1.807) is 0 Å². The van der Waals surface area contributed by atoms with Gasteiger partial charge < -0.3 is 10.4 Å². The summed E-state index contributed by atoms with van der Waals surface area (Å²) in [6.07, 6.45) is 16.6. The van der Waals surface area contributed by atoms with Gasteiger partial charge in [0, 0.05) is 6.54 Å². The van der Waals surface area contributed by atoms with Crippen LogP contribution in [0, 0.1) is 0 Å². The summed E-state index contributed by atoms with van der Waals surface area (Å²) >= 11 is 0. The summed E-state index contributed by atoms with van der Waals surface area (Å²) in [6.45, 7) is 3.83. The van der Waals surface area contributed by atoms with Crippen molar-refractivity contribution in [2.45, 2.75) is 90.4 Å². The molecule has 122 valence electrons. The topological polar surface area (TPSA) is 49.3 Å². The predicted octanol–water partition coefficient (Wildman–Crippen LogP) is 4.10. The van der Waals surface area contributed by atoms with Crippen LogP contribution in [0.25, 0.3) is 0 Å². The molecule has 0 aliphatic carbocycles. The first kappa shape index (κ1) is 24.3. The third-order valence-corrected chi connectivity index (χ3v) is 3.72. The summed E-state index contributed by atoms with van der Waals surface area (Å²) in [4.78, 5) is 10.3. The van der Waals surface area contributed by atoms with Crippen LogP contribution in [0.2, 0.25) is 0 Å². The van der Waals surface area contributed by atoms with Crippen LogP contribution in [0.1, 0.15) is 90.4 Å². The van der Waals surface area contributed by atoms with Gasteiger partial charge in [-0.25, -0.2) is 0 Å². The molecule has 3 nitrogen and oxygen atoms in total. The number of hydrogen-bond donors (Lipinski definition) is 2. The first-order valence-electron chi connectivity index (χ1n) is 8.70. The normalized spacial score (nSPS) is 10.3. The summed E-state index contributed by atoms with van der Waals surface area (Å²) < 4.78 is 0. The fourth-order valence-corrected chi connectivity index (χ4v) is 2.41. The zero-order valence-corrected chi connectivity index (χ0v) is 13.5. The number of nitrogens with one attached hydrogen (secondary N) is 1. The van der Waals surface area contributed by atoms with Gasteiger partial charge in [-0.3, -0.25) is 4.79 Å². The SMILES string of the molecule is CCCCCCCCCCCCCCNCCC(=O)O.[KH]. The number of hydrogen-bond acceptors (Lipinski definition) is 2. The van der Waals surface area contributed by atoms with Gasteiger partial charge in [-0.1, -0.05) is 77.6 Å². The number of unbranched alkanes of at least 4 members (excludes halogenated alkanes) is 11. The Hall–Kier alpha value is 1.07. The molecule has 21 heavy (non-hydrogen) atoms. The van der Waals surface area contributed by atoms with Crippen molar-refractivity contribution in [3.8, 4) is 0 Å². The summed E-state index contributed by atoms with van der Waals surface area (Å²) in [6, 6.07) is 0. The molecule has 0 spiro atoms. The third kappa shape index (κ3) is 23.5. The average molecular weight is 326 g/mol. The molecule has 0 bridgehead atoms. The van der Waals surface area contributed by atoms with Crippen molar-refractivity contribution in [2.24, 2.45) is 0 Å². The van der Waals surface area contributed by atoms with Crippen LogP contribution >= 0.6 is 0 Å². The Bertz CT molecular complexity index is 213. The zero-order chi connectivity index (χ0) is 14.9. The third-order valence-electron chi connectivity index (χ3n) is 3.72. The van der Waals surface area contributed by atoms with E-state index >= 15 is 0 Å². The molecular formula is C17H36KNO2. The van der Waals surface area contributed by atoms with Crippen molar-refractivity contribution in [1.29, 1.82) is 0 Å². The van der Waals surface area contributed by atoms with Gasteiger partial charge >= 0.3 is 57.4 Å². The number of carboxylic acid groups (broad SMARTS) is 1. The molecule has 0 aliphatic heterocycles. The van der Waals surface area contributed by atoms with Gasteiger partial charge in [-0.05, 0) is 13.0 Å². The van der Waals surface area contributed by atoms with E-state index in [1.165, 1.54) is 77.0 Å². The van der Waals surface area contributed by atoms with Crippen LogP contribution in [0.3, 0.4) is 0 Å². The van der Waals surface area contributed by atoms with Gasteiger partial charge in [-0.2, -0.15) is 0 Å². The van der Waals surface area contributed by atoms with Gasteiger partial charge in [0.2, 0.25) is 0 Å². The first-order valence-corrected chi connectivity index (χ1v) is 8.70. The maximum atomic E-state index is 10.3. The molecule has 0 saturated heterocycles. The molecule has 0 aromatic carbocycles. The van der Waals surface area contributed by atoms with Crippen molar-refractivity contribution >= 4 is 57.4 Å². The van der Waals surface area contributed by atoms with E-state index in [9.17, 15) is 4.79 Å². The molecule has 4 heteroatoms. The molecule has 2 N–H and O–H groups in total. The monoisotopic (exact) mass is 325 g/mol. The van der Waals surface area contributed by atoms with Crippen molar-refractivity contribution in [1.82, 2.24) is 5.32 Å². The molecule has 0 saturated carbocycles. The summed E-state index contributed by atoms with van der Waals surface area (Å²) in [5.41, 5.74) is 0. The number of aliphatic carboxylic acids is 1. The molecule has 0 amide bonds. The molecular weight excluding hydrogens is 289 g/mol. The van der Waals surface area contributed by atoms with E-state index < -0.39 is 5.97 Å². The Balaban J connectivity index is 0. The molecule has 0 aromatic heterocycles. The van der Waals surface area contributed by atoms with Crippen LogP contribution in [0.4, 0.5) is 0 Å². The fourth-order valence-electron chi connectivity index (χ4n) is 2.41. The minimum absolute atomic E-state index is 0. The van der Waals surface area contributed by atoms with Crippen LogP contribution < -0.4 is 5.32 Å². The fraction of sp³-hybridized carbons (Fsp3) is 0.941. The van der Waals surface area contributed by atoms with Gasteiger partial charge in [0.05, 0.1) is 6.42 Å². The molecule has 0 aromatic rings. The summed E-state index contributed by atoms with van der Waals surface area (Å²) in [5.74, 6) is -0.716. The van der Waals surface area contributed by atoms with E-state index in [1.807, 2.05) is 0 Å². The van der Waals surface area contributed by atoms with Crippen molar-refractivity contribution < 1.29 is 9.90 Å². The predicted molar refractivity (Wildman–Crippen MR) is 93.3 cm³/mol. The van der Waals surface area contributed by atoms with Crippen LogP contribution in [-0.4, -0.2) is 75.5 Å². The molecule has 0 rings (SSSR count). The Morgan fingerprint density at radius 1 is 0.762 bits per heavy atom. The summed E-state index contributed by atoms with van der Waals surface area (Å²) in [7, 11) is 0. The van der Waals surface area contributed by atoms with Crippen molar-refractivity contribution in [2.75, 3.05) is 13.1 Å². The van der Waals surface area contributed by atoms with E-state index in [0.29, 0.717) is 6.54 Å². The Kier molecular flexibility index (Phi) is 24.4. The molecule has 0 heterocycles. The Labute approximate surface area is 174 Å². The maximum absolute atomic E-state index is 10.3. The zero-order valence-electron chi connectivity index (χ0n) is 13.5. The molecule has 0 fully saturated rings. The molecule has 0 unspecified atom stereocenters. The van der Waals surface area contributed by atoms with Gasteiger partial charge in [-0.15, -0.1) is 0 Å². The van der Waals surface area contributed by atoms with Crippen LogP contribution in [0.15, 0.2) is 0 Å². The van der Waals surface area contributed by atoms with Crippen LogP contribution in [0.5, 0.6) is 0 Å². The number of carbonyl (C=O) groups is 1. The number of carboxylic acids is 1. The van der Waals surface area contributed by atoms with Gasteiger partial charge in [0.1, 0.15) is 0 Å². The van der Waals surface area contributed by atoms with Gasteiger partial charge in [0.15, 0.2) is 0 Å². The quantitative estimate of drug-likeness (QED) is 0.332. The Morgan fingerprint density at radius 2 is 1.19 bits per heavy atom. The number of rotatable bonds is 16. The second kappa shape index (κ2) is 21.1. The summed E-state index contributed by atoms with van der Waals surface area (Å²) in [5, 5.41) is 11.6. The van der Waals surface area contributed by atoms with Crippen molar-refractivity contribution in [3.05, 3.63) is 0 Å².